The summed E-state index contributed by atoms with van der Waals surface area (Å²) in [6.07, 6.45) is 11.8. The zero-order chi connectivity index (χ0) is 21.8. The first-order valence-electron chi connectivity index (χ1n) is 13.4. The molecular weight excluding hydrogens is 368 g/mol. The average molecular weight is 419 g/mol. The van der Waals surface area contributed by atoms with Gasteiger partial charge in [-0.1, -0.05) is 54.4 Å². The molecule has 2 N–H and O–H groups in total. The Morgan fingerprint density at radius 1 is 0.800 bits per heavy atom. The minimum Gasteiger partial charge on any atom is -0.390 e. The lowest BCUT2D eigenvalue weighted by atomic mass is 9.44. The average Bonchev–Trinajstić information content (AvgIpc) is 3.04. The van der Waals surface area contributed by atoms with Gasteiger partial charge in [0, 0.05) is 0 Å². The topological polar surface area (TPSA) is 40.5 Å². The molecule has 0 aromatic carbocycles. The SMILES string of the molecule is CC(C)[C@@H](C)CC[C@@H](C)[C@@H]1CC[C@@H]2[C@@H]3CC[C@@H]4C[C@H](O)[C@H](O)C[C@@]4(C)[C@@H]3CC[C@]21C. The molecule has 0 aromatic rings. The molecule has 4 rings (SSSR count). The Kier molecular flexibility index (Phi) is 6.44. The van der Waals surface area contributed by atoms with Gasteiger partial charge in [0.05, 0.1) is 12.2 Å². The van der Waals surface area contributed by atoms with Gasteiger partial charge in [-0.3, -0.25) is 0 Å². The molecule has 2 nitrogen and oxygen atoms in total. The highest BCUT2D eigenvalue weighted by Gasteiger charge is 2.61. The van der Waals surface area contributed by atoms with Crippen LogP contribution in [0.5, 0.6) is 0 Å². The molecule has 4 aliphatic carbocycles. The molecule has 0 aliphatic heterocycles. The lowest BCUT2D eigenvalue weighted by molar-refractivity contribution is -0.160. The predicted octanol–water partition coefficient (Wildman–Crippen LogP) is 6.69. The third kappa shape index (κ3) is 3.70. The molecule has 4 saturated carbocycles. The van der Waals surface area contributed by atoms with Crippen molar-refractivity contribution in [3.05, 3.63) is 0 Å². The van der Waals surface area contributed by atoms with Crippen molar-refractivity contribution >= 4 is 0 Å². The summed E-state index contributed by atoms with van der Waals surface area (Å²) in [7, 11) is 0. The molecule has 11 atom stereocenters. The molecule has 0 radical (unpaired) electrons. The van der Waals surface area contributed by atoms with Crippen molar-refractivity contribution in [3.63, 3.8) is 0 Å². The summed E-state index contributed by atoms with van der Waals surface area (Å²) in [4.78, 5) is 0. The van der Waals surface area contributed by atoms with Gasteiger partial charge in [-0.15, -0.1) is 0 Å². The molecule has 30 heavy (non-hydrogen) atoms. The van der Waals surface area contributed by atoms with Gasteiger partial charge < -0.3 is 10.2 Å². The molecular formula is C28H50O2. The van der Waals surface area contributed by atoms with Gasteiger partial charge in [0.15, 0.2) is 0 Å². The first-order valence-corrected chi connectivity index (χ1v) is 13.4. The lowest BCUT2D eigenvalue weighted by Crippen LogP contribution is -2.56. The minimum absolute atomic E-state index is 0.249. The standard InChI is InChI=1S/C28H50O2/c1-17(2)18(3)7-8-19(4)22-11-12-23-21-10-9-20-15-25(29)26(30)16-28(20,6)24(21)13-14-27(22,23)5/h17-26,29-30H,7-16H2,1-6H3/t18-,19+,20+,21-,22-,23+,24+,25-,26+,27-,28+/m0/s1. The molecule has 0 bridgehead atoms. The van der Waals surface area contributed by atoms with E-state index in [1.165, 1.54) is 51.4 Å². The third-order valence-electron chi connectivity index (χ3n) is 11.7. The second-order valence-electron chi connectivity index (χ2n) is 13.2. The first kappa shape index (κ1) is 23.1. The maximum absolute atomic E-state index is 10.5. The van der Waals surface area contributed by atoms with Crippen LogP contribution in [0.3, 0.4) is 0 Å². The van der Waals surface area contributed by atoms with E-state index in [1.54, 1.807) is 0 Å². The Bertz CT molecular complexity index is 601. The molecule has 0 heterocycles. The highest BCUT2D eigenvalue weighted by molar-refractivity contribution is 5.10. The predicted molar refractivity (Wildman–Crippen MR) is 125 cm³/mol. The molecule has 0 spiro atoms. The second-order valence-corrected chi connectivity index (χ2v) is 13.2. The van der Waals surface area contributed by atoms with Crippen LogP contribution in [0.1, 0.15) is 106 Å². The quantitative estimate of drug-likeness (QED) is 0.522. The Hall–Kier alpha value is -0.0800. The van der Waals surface area contributed by atoms with Gasteiger partial charge in [0.1, 0.15) is 0 Å². The van der Waals surface area contributed by atoms with E-state index >= 15 is 0 Å². The number of aliphatic hydroxyl groups is 2. The molecule has 174 valence electrons. The van der Waals surface area contributed by atoms with E-state index in [2.05, 4.69) is 41.5 Å². The van der Waals surface area contributed by atoms with E-state index in [-0.39, 0.29) is 5.41 Å². The molecule has 0 unspecified atom stereocenters. The zero-order valence-electron chi connectivity index (χ0n) is 20.7. The maximum Gasteiger partial charge on any atom is 0.0804 e. The van der Waals surface area contributed by atoms with Crippen LogP contribution in [0.4, 0.5) is 0 Å². The van der Waals surface area contributed by atoms with Crippen LogP contribution in [-0.4, -0.2) is 22.4 Å². The zero-order valence-corrected chi connectivity index (χ0v) is 20.7. The molecule has 0 amide bonds. The fraction of sp³-hybridized carbons (Fsp3) is 1.00. The van der Waals surface area contributed by atoms with Crippen LogP contribution < -0.4 is 0 Å². The largest absolute Gasteiger partial charge is 0.390 e. The highest BCUT2D eigenvalue weighted by Crippen LogP contribution is 2.68. The molecule has 4 fully saturated rings. The van der Waals surface area contributed by atoms with Crippen molar-refractivity contribution in [3.8, 4) is 0 Å². The maximum atomic E-state index is 10.5. The van der Waals surface area contributed by atoms with Gasteiger partial charge in [-0.2, -0.15) is 0 Å². The summed E-state index contributed by atoms with van der Waals surface area (Å²) in [5, 5.41) is 20.8. The van der Waals surface area contributed by atoms with E-state index in [1.807, 2.05) is 0 Å². The number of fused-ring (bicyclic) bond motifs is 5. The third-order valence-corrected chi connectivity index (χ3v) is 11.7. The highest BCUT2D eigenvalue weighted by atomic mass is 16.3. The number of hydrogen-bond acceptors (Lipinski definition) is 2. The molecule has 4 aliphatic rings. The van der Waals surface area contributed by atoms with Gasteiger partial charge in [-0.25, -0.2) is 0 Å². The fourth-order valence-corrected chi connectivity index (χ4v) is 9.31. The Morgan fingerprint density at radius 3 is 2.20 bits per heavy atom. The molecule has 0 aromatic heterocycles. The van der Waals surface area contributed by atoms with Crippen molar-refractivity contribution in [1.29, 1.82) is 0 Å². The summed E-state index contributed by atoms with van der Waals surface area (Å²) in [6.45, 7) is 14.9. The fourth-order valence-electron chi connectivity index (χ4n) is 9.31. The van der Waals surface area contributed by atoms with Crippen LogP contribution in [0.2, 0.25) is 0 Å². The van der Waals surface area contributed by atoms with E-state index in [9.17, 15) is 10.2 Å². The summed E-state index contributed by atoms with van der Waals surface area (Å²) in [5.41, 5.74) is 0.789. The lowest BCUT2D eigenvalue weighted by Gasteiger charge is -2.61. The molecule has 2 heteroatoms. The van der Waals surface area contributed by atoms with Crippen LogP contribution in [-0.2, 0) is 0 Å². The minimum atomic E-state index is -0.502. The van der Waals surface area contributed by atoms with E-state index in [0.29, 0.717) is 11.3 Å². The van der Waals surface area contributed by atoms with Crippen LogP contribution in [0.25, 0.3) is 0 Å². The number of aliphatic hydroxyl groups excluding tert-OH is 2. The van der Waals surface area contributed by atoms with Gasteiger partial charge in [-0.05, 0) is 110 Å². The van der Waals surface area contributed by atoms with Crippen molar-refractivity contribution in [2.24, 2.45) is 58.2 Å². The van der Waals surface area contributed by atoms with Crippen molar-refractivity contribution in [1.82, 2.24) is 0 Å². The van der Waals surface area contributed by atoms with Crippen molar-refractivity contribution in [2.45, 2.75) is 118 Å². The normalized spacial score (nSPS) is 50.5. The first-order chi connectivity index (χ1) is 14.1. The van der Waals surface area contributed by atoms with E-state index in [0.717, 1.165) is 54.3 Å². The van der Waals surface area contributed by atoms with Crippen molar-refractivity contribution < 1.29 is 10.2 Å². The van der Waals surface area contributed by atoms with Gasteiger partial charge >= 0.3 is 0 Å². The Labute approximate surface area is 186 Å². The Morgan fingerprint density at radius 2 is 1.50 bits per heavy atom. The smallest absolute Gasteiger partial charge is 0.0804 e. The number of rotatable bonds is 5. The summed E-state index contributed by atoms with van der Waals surface area (Å²) >= 11 is 0. The van der Waals surface area contributed by atoms with Gasteiger partial charge in [0.25, 0.3) is 0 Å². The second kappa shape index (κ2) is 8.36. The van der Waals surface area contributed by atoms with E-state index < -0.39 is 12.2 Å². The Balaban J connectivity index is 1.47. The summed E-state index contributed by atoms with van der Waals surface area (Å²) < 4.78 is 0. The number of hydrogen-bond donors (Lipinski definition) is 2. The van der Waals surface area contributed by atoms with Gasteiger partial charge in [0.2, 0.25) is 0 Å². The van der Waals surface area contributed by atoms with Crippen LogP contribution >= 0.6 is 0 Å². The van der Waals surface area contributed by atoms with Crippen molar-refractivity contribution in [2.75, 3.05) is 0 Å². The summed E-state index contributed by atoms with van der Waals surface area (Å²) in [5.74, 6) is 6.56. The monoisotopic (exact) mass is 418 g/mol. The van der Waals surface area contributed by atoms with Crippen LogP contribution in [0, 0.1) is 58.2 Å². The van der Waals surface area contributed by atoms with E-state index in [4.69, 9.17) is 0 Å². The van der Waals surface area contributed by atoms with Crippen LogP contribution in [0.15, 0.2) is 0 Å². The molecule has 0 saturated heterocycles. The summed E-state index contributed by atoms with van der Waals surface area (Å²) in [6, 6.07) is 0.